The Balaban J connectivity index is 1.59. The number of aromatic nitrogens is 2. The van der Waals surface area contributed by atoms with Gasteiger partial charge in [-0.15, -0.1) is 0 Å². The molecule has 0 aliphatic heterocycles. The predicted molar refractivity (Wildman–Crippen MR) is 98.4 cm³/mol. The Labute approximate surface area is 149 Å². The second kappa shape index (κ2) is 6.25. The van der Waals surface area contributed by atoms with Crippen molar-refractivity contribution in [2.45, 2.75) is 46.0 Å². The average molecular weight is 335 g/mol. The molecule has 4 atom stereocenters. The Morgan fingerprint density at radius 1 is 1.04 bits per heavy atom. The molecule has 1 heterocycles. The van der Waals surface area contributed by atoms with E-state index in [0.717, 1.165) is 23.5 Å². The highest BCUT2D eigenvalue weighted by Crippen LogP contribution is 2.56. The Morgan fingerprint density at radius 2 is 1.76 bits per heavy atom. The standard InChI is InChI=1S/C21H25N3O/c1-12-4-7-18(8-13(12)2)24-21(25)20-16-6-5-15(9-16)19(20)17-10-22-14(3)23-11-17/h4,7-8,10-11,15-16,19-20H,5-6,9H2,1-3H3,(H,24,25). The van der Waals surface area contributed by atoms with Crippen LogP contribution in [-0.2, 0) is 4.79 Å². The van der Waals surface area contributed by atoms with Crippen molar-refractivity contribution >= 4 is 11.6 Å². The first-order chi connectivity index (χ1) is 12.0. The second-order valence-corrected chi connectivity index (χ2v) is 7.74. The van der Waals surface area contributed by atoms with E-state index in [-0.39, 0.29) is 17.7 Å². The maximum atomic E-state index is 13.1. The SMILES string of the molecule is Cc1ncc(C2C3CCC(C3)C2C(=O)Nc2ccc(C)c(C)c2)cn1. The van der Waals surface area contributed by atoms with Gasteiger partial charge in [0.2, 0.25) is 5.91 Å². The molecule has 4 nitrogen and oxygen atoms in total. The summed E-state index contributed by atoms with van der Waals surface area (Å²) in [4.78, 5) is 21.8. The van der Waals surface area contributed by atoms with E-state index in [2.05, 4.69) is 41.3 Å². The van der Waals surface area contributed by atoms with Gasteiger partial charge in [-0.1, -0.05) is 6.07 Å². The third-order valence-corrected chi connectivity index (χ3v) is 6.18. The molecule has 2 aliphatic carbocycles. The number of aryl methyl sites for hydroxylation is 3. The molecule has 4 heteroatoms. The molecule has 4 unspecified atom stereocenters. The number of fused-ring (bicyclic) bond motifs is 2. The summed E-state index contributed by atoms with van der Waals surface area (Å²) in [7, 11) is 0. The van der Waals surface area contributed by atoms with E-state index in [9.17, 15) is 4.79 Å². The molecule has 0 spiro atoms. The largest absolute Gasteiger partial charge is 0.326 e. The van der Waals surface area contributed by atoms with Gasteiger partial charge in [-0.3, -0.25) is 4.79 Å². The molecule has 1 aromatic carbocycles. The summed E-state index contributed by atoms with van der Waals surface area (Å²) in [6, 6.07) is 6.12. The molecule has 25 heavy (non-hydrogen) atoms. The summed E-state index contributed by atoms with van der Waals surface area (Å²) in [6.07, 6.45) is 7.38. The number of carbonyl (C=O) groups excluding carboxylic acids is 1. The fourth-order valence-corrected chi connectivity index (χ4v) is 4.77. The quantitative estimate of drug-likeness (QED) is 0.916. The normalized spacial score (nSPS) is 27.5. The summed E-state index contributed by atoms with van der Waals surface area (Å²) in [6.45, 7) is 6.06. The van der Waals surface area contributed by atoms with Crippen molar-refractivity contribution in [3.8, 4) is 0 Å². The van der Waals surface area contributed by atoms with E-state index in [0.29, 0.717) is 11.8 Å². The minimum atomic E-state index is 0.0339. The number of amides is 1. The predicted octanol–water partition coefficient (Wildman–Crippen LogP) is 4.17. The van der Waals surface area contributed by atoms with Crippen molar-refractivity contribution in [1.82, 2.24) is 9.97 Å². The first kappa shape index (κ1) is 16.2. The van der Waals surface area contributed by atoms with Crippen LogP contribution in [0.25, 0.3) is 0 Å². The lowest BCUT2D eigenvalue weighted by molar-refractivity contribution is -0.121. The van der Waals surface area contributed by atoms with Crippen LogP contribution in [0.4, 0.5) is 5.69 Å². The van der Waals surface area contributed by atoms with Gasteiger partial charge in [-0.25, -0.2) is 9.97 Å². The molecule has 1 amide bonds. The summed E-state index contributed by atoms with van der Waals surface area (Å²) in [5, 5.41) is 3.17. The molecule has 1 aromatic heterocycles. The van der Waals surface area contributed by atoms with Crippen LogP contribution in [0.1, 0.15) is 47.7 Å². The number of nitrogens with zero attached hydrogens (tertiary/aromatic N) is 2. The number of anilines is 1. The van der Waals surface area contributed by atoms with Gasteiger partial charge in [0.05, 0.1) is 0 Å². The molecule has 2 bridgehead atoms. The van der Waals surface area contributed by atoms with Crippen molar-refractivity contribution in [2.75, 3.05) is 5.32 Å². The second-order valence-electron chi connectivity index (χ2n) is 7.74. The highest BCUT2D eigenvalue weighted by molar-refractivity contribution is 5.94. The highest BCUT2D eigenvalue weighted by Gasteiger charge is 2.51. The fourth-order valence-electron chi connectivity index (χ4n) is 4.77. The van der Waals surface area contributed by atoms with Gasteiger partial charge in [0, 0.05) is 29.9 Å². The maximum Gasteiger partial charge on any atom is 0.228 e. The summed E-state index contributed by atoms with van der Waals surface area (Å²) < 4.78 is 0. The number of nitrogens with one attached hydrogen (secondary N) is 1. The topological polar surface area (TPSA) is 54.9 Å². The zero-order valence-electron chi connectivity index (χ0n) is 15.1. The van der Waals surface area contributed by atoms with Crippen LogP contribution in [-0.4, -0.2) is 15.9 Å². The lowest BCUT2D eigenvalue weighted by Crippen LogP contribution is -2.33. The van der Waals surface area contributed by atoms with E-state index in [1.165, 1.54) is 24.0 Å². The molecule has 2 fully saturated rings. The van der Waals surface area contributed by atoms with Crippen molar-refractivity contribution in [2.24, 2.45) is 17.8 Å². The first-order valence-corrected chi connectivity index (χ1v) is 9.19. The monoisotopic (exact) mass is 335 g/mol. The van der Waals surface area contributed by atoms with Gasteiger partial charge >= 0.3 is 0 Å². The minimum absolute atomic E-state index is 0.0339. The summed E-state index contributed by atoms with van der Waals surface area (Å²) in [5.74, 6) is 2.30. The van der Waals surface area contributed by atoms with Gasteiger partial charge in [-0.05, 0) is 80.7 Å². The van der Waals surface area contributed by atoms with Crippen LogP contribution >= 0.6 is 0 Å². The summed E-state index contributed by atoms with van der Waals surface area (Å²) in [5.41, 5.74) is 4.47. The Morgan fingerprint density at radius 3 is 2.48 bits per heavy atom. The fraction of sp³-hybridized carbons (Fsp3) is 0.476. The van der Waals surface area contributed by atoms with Crippen molar-refractivity contribution in [3.05, 3.63) is 53.1 Å². The molecular weight excluding hydrogens is 310 g/mol. The summed E-state index contributed by atoms with van der Waals surface area (Å²) >= 11 is 0. The molecule has 0 saturated heterocycles. The highest BCUT2D eigenvalue weighted by atomic mass is 16.1. The molecule has 1 N–H and O–H groups in total. The first-order valence-electron chi connectivity index (χ1n) is 9.19. The molecule has 130 valence electrons. The third kappa shape index (κ3) is 2.94. The van der Waals surface area contributed by atoms with E-state index in [4.69, 9.17) is 0 Å². The van der Waals surface area contributed by atoms with Gasteiger partial charge in [0.15, 0.2) is 0 Å². The molecule has 4 rings (SSSR count). The zero-order valence-corrected chi connectivity index (χ0v) is 15.1. The van der Waals surface area contributed by atoms with Crippen LogP contribution in [0.3, 0.4) is 0 Å². The van der Waals surface area contributed by atoms with Crippen molar-refractivity contribution in [1.29, 1.82) is 0 Å². The molecule has 2 aromatic rings. The van der Waals surface area contributed by atoms with Gasteiger partial charge in [0.1, 0.15) is 5.82 Å². The molecule has 0 radical (unpaired) electrons. The molecule has 2 aliphatic rings. The number of carbonyl (C=O) groups is 1. The number of benzene rings is 1. The van der Waals surface area contributed by atoms with Crippen LogP contribution in [0.5, 0.6) is 0 Å². The Kier molecular flexibility index (Phi) is 4.06. The Hall–Kier alpha value is -2.23. The van der Waals surface area contributed by atoms with Gasteiger partial charge in [0.25, 0.3) is 0 Å². The van der Waals surface area contributed by atoms with E-state index >= 15 is 0 Å². The zero-order chi connectivity index (χ0) is 17.6. The Bertz CT molecular complexity index is 799. The van der Waals surface area contributed by atoms with Crippen molar-refractivity contribution < 1.29 is 4.79 Å². The lowest BCUT2D eigenvalue weighted by Gasteiger charge is -2.30. The number of rotatable bonds is 3. The number of hydrogen-bond acceptors (Lipinski definition) is 3. The van der Waals surface area contributed by atoms with E-state index in [1.54, 1.807) is 0 Å². The van der Waals surface area contributed by atoms with E-state index in [1.807, 2.05) is 25.4 Å². The van der Waals surface area contributed by atoms with E-state index < -0.39 is 0 Å². The van der Waals surface area contributed by atoms with Gasteiger partial charge < -0.3 is 5.32 Å². The van der Waals surface area contributed by atoms with Crippen LogP contribution < -0.4 is 5.32 Å². The number of hydrogen-bond donors (Lipinski definition) is 1. The average Bonchev–Trinajstić information content (AvgIpc) is 3.20. The van der Waals surface area contributed by atoms with Crippen LogP contribution in [0.15, 0.2) is 30.6 Å². The van der Waals surface area contributed by atoms with Crippen LogP contribution in [0.2, 0.25) is 0 Å². The minimum Gasteiger partial charge on any atom is -0.326 e. The maximum absolute atomic E-state index is 13.1. The lowest BCUT2D eigenvalue weighted by atomic mass is 9.75. The molecule has 2 saturated carbocycles. The van der Waals surface area contributed by atoms with Gasteiger partial charge in [-0.2, -0.15) is 0 Å². The van der Waals surface area contributed by atoms with Crippen LogP contribution in [0, 0.1) is 38.5 Å². The van der Waals surface area contributed by atoms with Crippen molar-refractivity contribution in [3.63, 3.8) is 0 Å². The third-order valence-electron chi connectivity index (χ3n) is 6.18. The molecular formula is C21H25N3O. The smallest absolute Gasteiger partial charge is 0.228 e.